The van der Waals surface area contributed by atoms with E-state index in [2.05, 4.69) is 5.32 Å². The van der Waals surface area contributed by atoms with Crippen LogP contribution in [0, 0.1) is 0 Å². The third kappa shape index (κ3) is 3.98. The molecule has 5 heteroatoms. The van der Waals surface area contributed by atoms with Crippen molar-refractivity contribution in [1.29, 1.82) is 0 Å². The Labute approximate surface area is 98.3 Å². The van der Waals surface area contributed by atoms with Gasteiger partial charge in [0.25, 0.3) is 0 Å². The quantitative estimate of drug-likeness (QED) is 0.860. The number of ether oxygens (including phenoxy) is 1. The average Bonchev–Trinajstić information content (AvgIpc) is 2.08. The SMILES string of the molecule is CC(C)OC(=O)Nc1ccc(Cl)cc1Cl. The molecule has 0 radical (unpaired) electrons. The van der Waals surface area contributed by atoms with Gasteiger partial charge in [-0.2, -0.15) is 0 Å². The van der Waals surface area contributed by atoms with Crippen LogP contribution in [0.25, 0.3) is 0 Å². The number of hydrogen-bond donors (Lipinski definition) is 1. The maximum absolute atomic E-state index is 11.2. The summed E-state index contributed by atoms with van der Waals surface area (Å²) in [5.74, 6) is 0. The predicted octanol–water partition coefficient (Wildman–Crippen LogP) is 3.95. The minimum absolute atomic E-state index is 0.170. The van der Waals surface area contributed by atoms with Gasteiger partial charge >= 0.3 is 6.09 Å². The molecule has 1 rings (SSSR count). The second-order valence-corrected chi connectivity index (χ2v) is 4.05. The third-order valence-corrected chi connectivity index (χ3v) is 2.06. The summed E-state index contributed by atoms with van der Waals surface area (Å²) < 4.78 is 4.90. The molecule has 1 amide bonds. The zero-order chi connectivity index (χ0) is 11.4. The molecule has 82 valence electrons. The van der Waals surface area contributed by atoms with E-state index in [1.165, 1.54) is 0 Å². The maximum Gasteiger partial charge on any atom is 0.411 e. The molecule has 0 fully saturated rings. The lowest BCUT2D eigenvalue weighted by Crippen LogP contribution is -2.18. The molecule has 0 atom stereocenters. The Morgan fingerprint density at radius 3 is 2.60 bits per heavy atom. The standard InChI is InChI=1S/C10H11Cl2NO2/c1-6(2)15-10(14)13-9-4-3-7(11)5-8(9)12/h3-6H,1-2H3,(H,13,14). The van der Waals surface area contributed by atoms with Crippen molar-refractivity contribution < 1.29 is 9.53 Å². The van der Waals surface area contributed by atoms with Crippen molar-refractivity contribution in [2.75, 3.05) is 5.32 Å². The Hall–Kier alpha value is -0.930. The van der Waals surface area contributed by atoms with Gasteiger partial charge in [-0.25, -0.2) is 4.79 Å². The van der Waals surface area contributed by atoms with Gasteiger partial charge < -0.3 is 4.74 Å². The van der Waals surface area contributed by atoms with E-state index >= 15 is 0 Å². The van der Waals surface area contributed by atoms with Crippen molar-refractivity contribution in [3.63, 3.8) is 0 Å². The van der Waals surface area contributed by atoms with Crippen LogP contribution in [0.3, 0.4) is 0 Å². The van der Waals surface area contributed by atoms with Gasteiger partial charge in [0, 0.05) is 5.02 Å². The van der Waals surface area contributed by atoms with E-state index < -0.39 is 6.09 Å². The van der Waals surface area contributed by atoms with Gasteiger partial charge in [-0.1, -0.05) is 23.2 Å². The van der Waals surface area contributed by atoms with Crippen LogP contribution in [0.1, 0.15) is 13.8 Å². The summed E-state index contributed by atoms with van der Waals surface area (Å²) in [6.45, 7) is 3.53. The lowest BCUT2D eigenvalue weighted by atomic mass is 10.3. The highest BCUT2D eigenvalue weighted by Gasteiger charge is 2.08. The molecule has 0 heterocycles. The summed E-state index contributed by atoms with van der Waals surface area (Å²) in [7, 11) is 0. The zero-order valence-corrected chi connectivity index (χ0v) is 9.89. The molecule has 0 aliphatic carbocycles. The minimum atomic E-state index is -0.533. The van der Waals surface area contributed by atoms with E-state index in [9.17, 15) is 4.79 Å². The van der Waals surface area contributed by atoms with E-state index in [4.69, 9.17) is 27.9 Å². The summed E-state index contributed by atoms with van der Waals surface area (Å²) >= 11 is 11.6. The van der Waals surface area contributed by atoms with Gasteiger partial charge in [0.1, 0.15) is 0 Å². The molecule has 1 aromatic carbocycles. The van der Waals surface area contributed by atoms with Crippen LogP contribution in [-0.4, -0.2) is 12.2 Å². The molecule has 0 aliphatic heterocycles. The third-order valence-electron chi connectivity index (χ3n) is 1.51. The van der Waals surface area contributed by atoms with E-state index in [1.54, 1.807) is 32.0 Å². The van der Waals surface area contributed by atoms with E-state index in [0.717, 1.165) is 0 Å². The Morgan fingerprint density at radius 2 is 2.07 bits per heavy atom. The van der Waals surface area contributed by atoms with E-state index in [1.807, 2.05) is 0 Å². The largest absolute Gasteiger partial charge is 0.447 e. The lowest BCUT2D eigenvalue weighted by Gasteiger charge is -2.10. The Balaban J connectivity index is 2.68. The highest BCUT2D eigenvalue weighted by Crippen LogP contribution is 2.25. The molecule has 0 spiro atoms. The Morgan fingerprint density at radius 1 is 1.40 bits per heavy atom. The van der Waals surface area contributed by atoms with Gasteiger partial charge in [0.15, 0.2) is 0 Å². The fourth-order valence-electron chi connectivity index (χ4n) is 0.944. The van der Waals surface area contributed by atoms with Crippen LogP contribution >= 0.6 is 23.2 Å². The van der Waals surface area contributed by atoms with Crippen LogP contribution in [-0.2, 0) is 4.74 Å². The van der Waals surface area contributed by atoms with Crippen molar-refractivity contribution in [3.05, 3.63) is 28.2 Å². The molecular weight excluding hydrogens is 237 g/mol. The fourth-order valence-corrected chi connectivity index (χ4v) is 1.40. The topological polar surface area (TPSA) is 38.3 Å². The molecule has 1 aromatic rings. The van der Waals surface area contributed by atoms with Gasteiger partial charge in [-0.15, -0.1) is 0 Å². The first-order valence-electron chi connectivity index (χ1n) is 4.41. The number of anilines is 1. The van der Waals surface area contributed by atoms with Crippen LogP contribution in [0.15, 0.2) is 18.2 Å². The second kappa shape index (κ2) is 5.24. The van der Waals surface area contributed by atoms with Crippen molar-refractivity contribution >= 4 is 35.0 Å². The maximum atomic E-state index is 11.2. The van der Waals surface area contributed by atoms with Crippen LogP contribution in [0.2, 0.25) is 10.0 Å². The summed E-state index contributed by atoms with van der Waals surface area (Å²) in [4.78, 5) is 11.2. The molecule has 3 nitrogen and oxygen atoms in total. The summed E-state index contributed by atoms with van der Waals surface area (Å²) in [5, 5.41) is 3.41. The summed E-state index contributed by atoms with van der Waals surface area (Å²) in [6.07, 6.45) is -0.703. The number of halogens is 2. The van der Waals surface area contributed by atoms with E-state index in [0.29, 0.717) is 15.7 Å². The smallest absolute Gasteiger partial charge is 0.411 e. The molecule has 0 saturated carbocycles. The van der Waals surface area contributed by atoms with Crippen LogP contribution in [0.5, 0.6) is 0 Å². The van der Waals surface area contributed by atoms with Gasteiger partial charge in [0.05, 0.1) is 16.8 Å². The summed E-state index contributed by atoms with van der Waals surface area (Å²) in [6, 6.07) is 4.80. The van der Waals surface area contributed by atoms with E-state index in [-0.39, 0.29) is 6.10 Å². The summed E-state index contributed by atoms with van der Waals surface area (Å²) in [5.41, 5.74) is 0.478. The van der Waals surface area contributed by atoms with Crippen molar-refractivity contribution in [2.24, 2.45) is 0 Å². The first-order valence-corrected chi connectivity index (χ1v) is 5.17. The lowest BCUT2D eigenvalue weighted by molar-refractivity contribution is 0.130. The highest BCUT2D eigenvalue weighted by molar-refractivity contribution is 6.36. The molecule has 0 aromatic heterocycles. The monoisotopic (exact) mass is 247 g/mol. The van der Waals surface area contributed by atoms with Gasteiger partial charge in [0.2, 0.25) is 0 Å². The molecule has 0 unspecified atom stereocenters. The van der Waals surface area contributed by atoms with Crippen LogP contribution in [0.4, 0.5) is 10.5 Å². The number of carbonyl (C=O) groups is 1. The highest BCUT2D eigenvalue weighted by atomic mass is 35.5. The molecule has 15 heavy (non-hydrogen) atoms. The Kier molecular flexibility index (Phi) is 4.24. The average molecular weight is 248 g/mol. The number of hydrogen-bond acceptors (Lipinski definition) is 2. The molecule has 0 bridgehead atoms. The zero-order valence-electron chi connectivity index (χ0n) is 8.38. The molecule has 0 aliphatic rings. The van der Waals surface area contributed by atoms with Crippen LogP contribution < -0.4 is 5.32 Å². The number of rotatable bonds is 2. The number of carbonyl (C=O) groups excluding carboxylic acids is 1. The Bertz CT molecular complexity index is 366. The second-order valence-electron chi connectivity index (χ2n) is 3.20. The minimum Gasteiger partial charge on any atom is -0.447 e. The first-order chi connectivity index (χ1) is 6.99. The predicted molar refractivity (Wildman–Crippen MR) is 61.7 cm³/mol. The van der Waals surface area contributed by atoms with Gasteiger partial charge in [-0.3, -0.25) is 5.32 Å². The number of benzene rings is 1. The molecule has 1 N–H and O–H groups in total. The van der Waals surface area contributed by atoms with Gasteiger partial charge in [-0.05, 0) is 32.0 Å². The fraction of sp³-hybridized carbons (Fsp3) is 0.300. The first kappa shape index (κ1) is 12.1. The number of amides is 1. The molecule has 0 saturated heterocycles. The van der Waals surface area contributed by atoms with Crippen molar-refractivity contribution in [3.8, 4) is 0 Å². The number of nitrogens with one attached hydrogen (secondary N) is 1. The van der Waals surface area contributed by atoms with Crippen molar-refractivity contribution in [2.45, 2.75) is 20.0 Å². The molecular formula is C10H11Cl2NO2. The normalized spacial score (nSPS) is 10.2. The van der Waals surface area contributed by atoms with Crippen molar-refractivity contribution in [1.82, 2.24) is 0 Å².